The summed E-state index contributed by atoms with van der Waals surface area (Å²) in [4.78, 5) is 17.8. The summed E-state index contributed by atoms with van der Waals surface area (Å²) in [6.07, 6.45) is 1.06. The summed E-state index contributed by atoms with van der Waals surface area (Å²) in [6, 6.07) is 0.239. The third kappa shape index (κ3) is 2.88. The summed E-state index contributed by atoms with van der Waals surface area (Å²) < 4.78 is 10.5. The Morgan fingerprint density at radius 1 is 1.68 bits per heavy atom. The minimum atomic E-state index is -0.958. The molecule has 2 unspecified atom stereocenters. The van der Waals surface area contributed by atoms with Gasteiger partial charge in [0.15, 0.2) is 5.13 Å². The van der Waals surface area contributed by atoms with Crippen LogP contribution in [0, 0.1) is 0 Å². The van der Waals surface area contributed by atoms with Crippen molar-refractivity contribution in [1.82, 2.24) is 4.98 Å². The van der Waals surface area contributed by atoms with Crippen LogP contribution >= 0.6 is 11.3 Å². The van der Waals surface area contributed by atoms with Gasteiger partial charge in [-0.05, 0) is 13.3 Å². The number of hydrogen-bond donors (Lipinski definition) is 1. The molecule has 6 nitrogen and oxygen atoms in total. The van der Waals surface area contributed by atoms with Crippen molar-refractivity contribution < 1.29 is 19.4 Å². The largest absolute Gasteiger partial charge is 0.477 e. The van der Waals surface area contributed by atoms with Crippen molar-refractivity contribution in [2.75, 3.05) is 25.7 Å². The standard InChI is InChI=1S/C12H18N2O4S/c1-7-9(4-5-18-7)14(2)12-13-8(6-17-3)10(19-12)11(15)16/h7,9H,4-6H2,1-3H3,(H,15,16). The smallest absolute Gasteiger partial charge is 0.347 e. The van der Waals surface area contributed by atoms with Gasteiger partial charge in [-0.25, -0.2) is 9.78 Å². The SMILES string of the molecule is COCc1nc(N(C)C2CCOC2C)sc1C(=O)O. The topological polar surface area (TPSA) is 71.9 Å². The van der Waals surface area contributed by atoms with Gasteiger partial charge >= 0.3 is 5.97 Å². The van der Waals surface area contributed by atoms with E-state index in [-0.39, 0.29) is 23.6 Å². The number of methoxy groups -OCH3 is 1. The molecule has 1 aromatic rings. The molecule has 1 aliphatic heterocycles. The molecule has 2 atom stereocenters. The van der Waals surface area contributed by atoms with E-state index >= 15 is 0 Å². The minimum Gasteiger partial charge on any atom is -0.477 e. The van der Waals surface area contributed by atoms with Gasteiger partial charge in [-0.15, -0.1) is 0 Å². The van der Waals surface area contributed by atoms with Crippen LogP contribution in [-0.2, 0) is 16.1 Å². The van der Waals surface area contributed by atoms with Crippen molar-refractivity contribution in [2.24, 2.45) is 0 Å². The van der Waals surface area contributed by atoms with Crippen LogP contribution in [-0.4, -0.2) is 49.0 Å². The lowest BCUT2D eigenvalue weighted by atomic mass is 10.1. The maximum atomic E-state index is 11.2. The number of rotatable bonds is 5. The summed E-state index contributed by atoms with van der Waals surface area (Å²) in [5.41, 5.74) is 0.480. The molecular weight excluding hydrogens is 268 g/mol. The van der Waals surface area contributed by atoms with Gasteiger partial charge in [0.1, 0.15) is 4.88 Å². The Kier molecular flexibility index (Phi) is 4.38. The fourth-order valence-electron chi connectivity index (χ4n) is 2.26. The molecule has 0 saturated carbocycles. The van der Waals surface area contributed by atoms with E-state index in [4.69, 9.17) is 9.47 Å². The molecule has 106 valence electrons. The molecule has 1 fully saturated rings. The molecule has 0 radical (unpaired) electrons. The maximum Gasteiger partial charge on any atom is 0.347 e. The zero-order valence-corrected chi connectivity index (χ0v) is 12.1. The van der Waals surface area contributed by atoms with Gasteiger partial charge in [-0.1, -0.05) is 11.3 Å². The van der Waals surface area contributed by atoms with Gasteiger partial charge in [0, 0.05) is 20.8 Å². The first-order valence-corrected chi connectivity index (χ1v) is 6.92. The van der Waals surface area contributed by atoms with Crippen LogP contribution in [0.25, 0.3) is 0 Å². The van der Waals surface area contributed by atoms with Crippen LogP contribution < -0.4 is 4.90 Å². The Balaban J connectivity index is 2.24. The van der Waals surface area contributed by atoms with Gasteiger partial charge in [-0.3, -0.25) is 0 Å². The molecule has 0 amide bonds. The average Bonchev–Trinajstić information content (AvgIpc) is 2.95. The number of thiazole rings is 1. The van der Waals surface area contributed by atoms with Gasteiger partial charge < -0.3 is 19.5 Å². The van der Waals surface area contributed by atoms with E-state index in [9.17, 15) is 9.90 Å². The normalized spacial score (nSPS) is 22.7. The molecular formula is C12H18N2O4S. The first-order valence-electron chi connectivity index (χ1n) is 6.11. The number of ether oxygens (including phenoxy) is 2. The van der Waals surface area contributed by atoms with Crippen molar-refractivity contribution in [2.45, 2.75) is 32.1 Å². The molecule has 1 N–H and O–H groups in total. The number of hydrogen-bond acceptors (Lipinski definition) is 6. The number of aromatic nitrogens is 1. The molecule has 0 spiro atoms. The molecule has 0 bridgehead atoms. The quantitative estimate of drug-likeness (QED) is 0.886. The van der Waals surface area contributed by atoms with E-state index in [1.165, 1.54) is 18.4 Å². The van der Waals surface area contributed by atoms with Crippen molar-refractivity contribution >= 4 is 22.4 Å². The first kappa shape index (κ1) is 14.2. The minimum absolute atomic E-state index is 0.132. The Labute approximate surface area is 116 Å². The molecule has 0 aliphatic carbocycles. The lowest BCUT2D eigenvalue weighted by Crippen LogP contribution is -2.36. The van der Waals surface area contributed by atoms with Gasteiger partial charge in [-0.2, -0.15) is 0 Å². The van der Waals surface area contributed by atoms with E-state index < -0.39 is 5.97 Å². The molecule has 19 heavy (non-hydrogen) atoms. The molecule has 1 saturated heterocycles. The molecule has 2 heterocycles. The summed E-state index contributed by atoms with van der Waals surface area (Å²) in [7, 11) is 3.46. The number of likely N-dealkylation sites (N-methyl/N-ethyl adjacent to an activating group) is 1. The van der Waals surface area contributed by atoms with E-state index in [0.717, 1.165) is 13.0 Å². The lowest BCUT2D eigenvalue weighted by molar-refractivity contribution is 0.0697. The Bertz CT molecular complexity index is 463. The van der Waals surface area contributed by atoms with Crippen LogP contribution in [0.15, 0.2) is 0 Å². The Morgan fingerprint density at radius 3 is 2.95 bits per heavy atom. The molecule has 1 aliphatic rings. The van der Waals surface area contributed by atoms with Crippen LogP contribution in [0.3, 0.4) is 0 Å². The lowest BCUT2D eigenvalue weighted by Gasteiger charge is -2.26. The fraction of sp³-hybridized carbons (Fsp3) is 0.667. The van der Waals surface area contributed by atoms with Gasteiger partial charge in [0.05, 0.1) is 24.4 Å². The number of aromatic carboxylic acids is 1. The van der Waals surface area contributed by atoms with Crippen LogP contribution in [0.5, 0.6) is 0 Å². The predicted molar refractivity (Wildman–Crippen MR) is 72.0 cm³/mol. The zero-order chi connectivity index (χ0) is 14.0. The van der Waals surface area contributed by atoms with Crippen molar-refractivity contribution in [3.8, 4) is 0 Å². The molecule has 2 rings (SSSR count). The van der Waals surface area contributed by atoms with Gasteiger partial charge in [0.2, 0.25) is 0 Å². The third-order valence-electron chi connectivity index (χ3n) is 3.30. The fourth-order valence-corrected chi connectivity index (χ4v) is 3.19. The van der Waals surface area contributed by atoms with E-state index in [2.05, 4.69) is 4.98 Å². The number of nitrogens with zero attached hydrogens (tertiary/aromatic N) is 2. The van der Waals surface area contributed by atoms with Crippen LogP contribution in [0.4, 0.5) is 5.13 Å². The summed E-state index contributed by atoms with van der Waals surface area (Å²) in [5, 5.41) is 9.88. The Hall–Kier alpha value is -1.18. The van der Waals surface area contributed by atoms with Crippen LogP contribution in [0.1, 0.15) is 28.7 Å². The summed E-state index contributed by atoms with van der Waals surface area (Å²) in [5.74, 6) is -0.958. The number of carboxylic acids is 1. The summed E-state index contributed by atoms with van der Waals surface area (Å²) >= 11 is 1.18. The van der Waals surface area contributed by atoms with E-state index in [1.54, 1.807) is 0 Å². The van der Waals surface area contributed by atoms with Gasteiger partial charge in [0.25, 0.3) is 0 Å². The predicted octanol–water partition coefficient (Wildman–Crippen LogP) is 1.60. The molecule has 7 heteroatoms. The maximum absolute atomic E-state index is 11.2. The van der Waals surface area contributed by atoms with E-state index in [0.29, 0.717) is 10.8 Å². The highest BCUT2D eigenvalue weighted by Crippen LogP contribution is 2.30. The monoisotopic (exact) mass is 286 g/mol. The van der Waals surface area contributed by atoms with Crippen LogP contribution in [0.2, 0.25) is 0 Å². The highest BCUT2D eigenvalue weighted by Gasteiger charge is 2.30. The highest BCUT2D eigenvalue weighted by atomic mass is 32.1. The summed E-state index contributed by atoms with van der Waals surface area (Å²) in [6.45, 7) is 2.97. The second kappa shape index (κ2) is 5.85. The van der Waals surface area contributed by atoms with Crippen molar-refractivity contribution in [3.63, 3.8) is 0 Å². The first-order chi connectivity index (χ1) is 9.04. The van der Waals surface area contributed by atoms with E-state index in [1.807, 2.05) is 18.9 Å². The number of carbonyl (C=O) groups is 1. The average molecular weight is 286 g/mol. The van der Waals surface area contributed by atoms with Crippen molar-refractivity contribution in [3.05, 3.63) is 10.6 Å². The highest BCUT2D eigenvalue weighted by molar-refractivity contribution is 7.17. The second-order valence-electron chi connectivity index (χ2n) is 4.55. The third-order valence-corrected chi connectivity index (χ3v) is 4.47. The van der Waals surface area contributed by atoms with Crippen molar-refractivity contribution in [1.29, 1.82) is 0 Å². The second-order valence-corrected chi connectivity index (χ2v) is 5.53. The molecule has 0 aromatic carbocycles. The number of anilines is 1. The molecule has 1 aromatic heterocycles. The Morgan fingerprint density at radius 2 is 2.42 bits per heavy atom. The zero-order valence-electron chi connectivity index (χ0n) is 11.3. The number of carboxylic acid groups (broad SMARTS) is 1.